The molecule has 0 atom stereocenters. The van der Waals surface area contributed by atoms with Crippen LogP contribution in [0.5, 0.6) is 0 Å². The lowest BCUT2D eigenvalue weighted by Gasteiger charge is -2.24. The Bertz CT molecular complexity index is 270. The van der Waals surface area contributed by atoms with Gasteiger partial charge in [0, 0.05) is 0 Å². The van der Waals surface area contributed by atoms with E-state index in [2.05, 4.69) is 0 Å². The van der Waals surface area contributed by atoms with Gasteiger partial charge in [-0.25, -0.2) is 0 Å². The molecule has 1 aromatic carbocycles. The van der Waals surface area contributed by atoms with E-state index in [4.69, 9.17) is 13.7 Å². The van der Waals surface area contributed by atoms with Gasteiger partial charge in [0.2, 0.25) is 0 Å². The Kier molecular flexibility index (Phi) is 2.78. The van der Waals surface area contributed by atoms with Crippen LogP contribution in [0.3, 0.4) is 0 Å². The molecule has 3 nitrogen and oxygen atoms in total. The average molecular weight is 171 g/mol. The van der Waals surface area contributed by atoms with Gasteiger partial charge in [0.15, 0.2) is 0 Å². The summed E-state index contributed by atoms with van der Waals surface area (Å²) in [5.74, 6) is 0. The van der Waals surface area contributed by atoms with E-state index in [1.807, 2.05) is 38.1 Å². The minimum Gasteiger partial charge on any atom is -0.462 e. The monoisotopic (exact) mass is 172 g/mol. The second-order valence-electron chi connectivity index (χ2n) is 2.90. The first-order valence-electron chi connectivity index (χ1n) is 4.30. The summed E-state index contributed by atoms with van der Waals surface area (Å²) in [7, 11) is 1.67. The highest BCUT2D eigenvalue weighted by molar-refractivity contribution is 7.01. The molecule has 0 aromatic heterocycles. The third kappa shape index (κ3) is 2.18. The molecule has 7 heteroatoms. The molecular formula is C6H8B4O3. The third-order valence-corrected chi connectivity index (χ3v) is 1.91. The quantitative estimate of drug-likeness (QED) is 0.473. The first-order chi connectivity index (χ1) is 6.36. The van der Waals surface area contributed by atoms with Crippen molar-refractivity contribution in [2.24, 2.45) is 0 Å². The number of benzene rings is 1. The van der Waals surface area contributed by atoms with Crippen molar-refractivity contribution in [2.45, 2.75) is 0 Å². The Morgan fingerprint density at radius 2 is 1.92 bits per heavy atom. The van der Waals surface area contributed by atoms with Crippen LogP contribution in [-0.2, 0) is 13.7 Å². The van der Waals surface area contributed by atoms with Crippen LogP contribution < -0.4 is 5.46 Å². The fourth-order valence-electron chi connectivity index (χ4n) is 1.23. The zero-order valence-electron chi connectivity index (χ0n) is 7.47. The Morgan fingerprint density at radius 3 is 2.62 bits per heavy atom. The van der Waals surface area contributed by atoms with Crippen LogP contribution in [0.25, 0.3) is 0 Å². The van der Waals surface area contributed by atoms with Gasteiger partial charge in [0.1, 0.15) is 7.74 Å². The zero-order chi connectivity index (χ0) is 9.10. The van der Waals surface area contributed by atoms with Crippen molar-refractivity contribution in [1.29, 1.82) is 0 Å². The fraction of sp³-hybridized carbons (Fsp3) is 0. The van der Waals surface area contributed by atoms with Gasteiger partial charge in [-0.05, 0) is 5.46 Å². The van der Waals surface area contributed by atoms with Crippen molar-refractivity contribution in [2.75, 3.05) is 0 Å². The summed E-state index contributed by atoms with van der Waals surface area (Å²) in [4.78, 5) is 0. The molecule has 1 aliphatic rings. The second kappa shape index (κ2) is 4.05. The molecule has 1 fully saturated rings. The Labute approximate surface area is 79.7 Å². The van der Waals surface area contributed by atoms with Crippen molar-refractivity contribution in [3.05, 3.63) is 30.3 Å². The van der Waals surface area contributed by atoms with Gasteiger partial charge in [-0.3, -0.25) is 0 Å². The molecule has 13 heavy (non-hydrogen) atoms. The van der Waals surface area contributed by atoms with Crippen LogP contribution in [0.2, 0.25) is 0 Å². The van der Waals surface area contributed by atoms with Crippen molar-refractivity contribution < 1.29 is 13.7 Å². The van der Waals surface area contributed by atoms with E-state index in [0.717, 1.165) is 5.46 Å². The lowest BCUT2D eigenvalue weighted by atomic mass is 9.57. The second-order valence-corrected chi connectivity index (χ2v) is 2.90. The molecule has 0 N–H and O–H groups in total. The van der Waals surface area contributed by atoms with E-state index in [-0.39, 0.29) is 14.1 Å². The van der Waals surface area contributed by atoms with E-state index in [9.17, 15) is 0 Å². The Balaban J connectivity index is 2.08. The average Bonchev–Trinajstić information content (AvgIpc) is 2.19. The molecule has 0 unspecified atom stereocenters. The summed E-state index contributed by atoms with van der Waals surface area (Å²) < 4.78 is 15.8. The van der Waals surface area contributed by atoms with Gasteiger partial charge < -0.3 is 13.7 Å². The van der Waals surface area contributed by atoms with Gasteiger partial charge in [-0.2, -0.15) is 0 Å². The van der Waals surface area contributed by atoms with E-state index in [1.165, 1.54) is 0 Å². The minimum atomic E-state index is -0.287. The number of hydrogen-bond donors (Lipinski definition) is 0. The zero-order valence-corrected chi connectivity index (χ0v) is 7.47. The molecule has 0 aliphatic carbocycles. The standard InChI is InChI=1S/C6H8B4O3/c7-10-12-8-11-9(13-10)6-4-2-1-3-5-6/h1-5,8H,7H2. The van der Waals surface area contributed by atoms with Crippen LogP contribution in [0.15, 0.2) is 30.3 Å². The Morgan fingerprint density at radius 1 is 1.15 bits per heavy atom. The first kappa shape index (κ1) is 8.94. The van der Waals surface area contributed by atoms with Crippen LogP contribution in [0, 0.1) is 0 Å². The number of rotatable bonds is 1. The molecule has 1 saturated heterocycles. The van der Waals surface area contributed by atoms with Gasteiger partial charge >= 0.3 is 21.8 Å². The summed E-state index contributed by atoms with van der Waals surface area (Å²) >= 11 is 0. The highest BCUT2D eigenvalue weighted by atomic mass is 16.7. The maximum Gasteiger partial charge on any atom is 0.465 e. The maximum atomic E-state index is 5.43. The number of hydrogen-bond acceptors (Lipinski definition) is 3. The third-order valence-electron chi connectivity index (χ3n) is 1.91. The van der Waals surface area contributed by atoms with E-state index < -0.39 is 0 Å². The molecule has 2 rings (SSSR count). The minimum absolute atomic E-state index is 0.195. The fourth-order valence-corrected chi connectivity index (χ4v) is 1.23. The van der Waals surface area contributed by atoms with Crippen LogP contribution in [0.4, 0.5) is 0 Å². The lowest BCUT2D eigenvalue weighted by Crippen LogP contribution is -2.49. The van der Waals surface area contributed by atoms with Gasteiger partial charge in [0.25, 0.3) is 0 Å². The van der Waals surface area contributed by atoms with Gasteiger partial charge in [0.05, 0.1) is 0 Å². The van der Waals surface area contributed by atoms with Gasteiger partial charge in [-0.15, -0.1) is 0 Å². The highest BCUT2D eigenvalue weighted by Crippen LogP contribution is 2.00. The predicted octanol–water partition coefficient (Wildman–Crippen LogP) is -1.67. The van der Waals surface area contributed by atoms with Crippen LogP contribution in [-0.4, -0.2) is 29.5 Å². The maximum absolute atomic E-state index is 5.43. The normalized spacial score (nSPS) is 16.9. The van der Waals surface area contributed by atoms with E-state index >= 15 is 0 Å². The summed E-state index contributed by atoms with van der Waals surface area (Å²) in [6.45, 7) is 0. The SMILES string of the molecule is BB1OBOB(c2ccccc2)O1. The van der Waals surface area contributed by atoms with Crippen LogP contribution >= 0.6 is 0 Å². The molecule has 1 heterocycles. The summed E-state index contributed by atoms with van der Waals surface area (Å²) in [6.07, 6.45) is 0. The molecule has 0 saturated carbocycles. The van der Waals surface area contributed by atoms with Crippen molar-refractivity contribution in [1.82, 2.24) is 0 Å². The molecule has 0 radical (unpaired) electrons. The van der Waals surface area contributed by atoms with Crippen LogP contribution in [0.1, 0.15) is 0 Å². The van der Waals surface area contributed by atoms with E-state index in [0.29, 0.717) is 7.69 Å². The summed E-state index contributed by atoms with van der Waals surface area (Å²) in [6, 6.07) is 9.84. The molecule has 1 aliphatic heterocycles. The molecule has 0 amide bonds. The van der Waals surface area contributed by atoms with Crippen molar-refractivity contribution in [3.63, 3.8) is 0 Å². The van der Waals surface area contributed by atoms with Crippen molar-refractivity contribution in [3.8, 4) is 0 Å². The molecular weight excluding hydrogens is 163 g/mol. The van der Waals surface area contributed by atoms with E-state index in [1.54, 1.807) is 0 Å². The molecule has 0 bridgehead atoms. The van der Waals surface area contributed by atoms with Gasteiger partial charge in [-0.1, -0.05) is 30.3 Å². The largest absolute Gasteiger partial charge is 0.465 e. The summed E-state index contributed by atoms with van der Waals surface area (Å²) in [5.41, 5.74) is 1.03. The Hall–Kier alpha value is -0.640. The predicted molar refractivity (Wildman–Crippen MR) is 56.5 cm³/mol. The molecule has 1 aromatic rings. The molecule has 0 spiro atoms. The molecule has 62 valence electrons. The smallest absolute Gasteiger partial charge is 0.462 e. The topological polar surface area (TPSA) is 27.7 Å². The first-order valence-corrected chi connectivity index (χ1v) is 4.30. The lowest BCUT2D eigenvalue weighted by molar-refractivity contribution is 0.326. The van der Waals surface area contributed by atoms with Crippen molar-refractivity contribution >= 4 is 35.0 Å². The highest BCUT2D eigenvalue weighted by Gasteiger charge is 2.30. The summed E-state index contributed by atoms with van der Waals surface area (Å²) in [5, 5.41) is 0.